The Bertz CT molecular complexity index is 1140. The van der Waals surface area contributed by atoms with Crippen LogP contribution >= 0.6 is 11.3 Å². The Morgan fingerprint density at radius 1 is 1.21 bits per heavy atom. The van der Waals surface area contributed by atoms with Gasteiger partial charge >= 0.3 is 0 Å². The normalized spacial score (nSPS) is 15.8. The molecule has 1 aliphatic carbocycles. The third-order valence-electron chi connectivity index (χ3n) is 4.94. The van der Waals surface area contributed by atoms with Gasteiger partial charge in [0.15, 0.2) is 11.6 Å². The second-order valence-corrected chi connectivity index (χ2v) is 7.92. The summed E-state index contributed by atoms with van der Waals surface area (Å²) in [6.07, 6.45) is 7.91. The number of rotatable bonds is 4. The van der Waals surface area contributed by atoms with Crippen LogP contribution in [-0.2, 0) is 6.42 Å². The van der Waals surface area contributed by atoms with Crippen molar-refractivity contribution in [3.05, 3.63) is 65.4 Å². The lowest BCUT2D eigenvalue weighted by Gasteiger charge is -2.23. The second kappa shape index (κ2) is 7.25. The summed E-state index contributed by atoms with van der Waals surface area (Å²) in [5, 5.41) is 8.54. The van der Waals surface area contributed by atoms with Gasteiger partial charge in [-0.2, -0.15) is 5.10 Å². The van der Waals surface area contributed by atoms with Crippen LogP contribution in [0.3, 0.4) is 0 Å². The zero-order chi connectivity index (χ0) is 19.8. The highest BCUT2D eigenvalue weighted by atomic mass is 32.1. The van der Waals surface area contributed by atoms with Gasteiger partial charge in [-0.3, -0.25) is 0 Å². The number of anilines is 2. The van der Waals surface area contributed by atoms with Crippen molar-refractivity contribution in [1.29, 1.82) is 0 Å². The van der Waals surface area contributed by atoms with Gasteiger partial charge in [0.1, 0.15) is 22.8 Å². The van der Waals surface area contributed by atoms with E-state index >= 15 is 0 Å². The van der Waals surface area contributed by atoms with Crippen LogP contribution < -0.4 is 11.1 Å². The van der Waals surface area contributed by atoms with Crippen LogP contribution in [0.4, 0.5) is 15.9 Å². The molecule has 9 heteroatoms. The van der Waals surface area contributed by atoms with E-state index in [1.54, 1.807) is 40.5 Å². The first kappa shape index (κ1) is 17.7. The lowest BCUT2D eigenvalue weighted by Crippen LogP contribution is -2.19. The topological polar surface area (TPSA) is 94.5 Å². The zero-order valence-electron chi connectivity index (χ0n) is 15.4. The SMILES string of the molecule is Nc1c(NC2CCCc3sc(-c4ccc(F)cc4)nc32)ncnc1-n1cccn1. The minimum absolute atomic E-state index is 0.00636. The smallest absolute Gasteiger partial charge is 0.181 e. The summed E-state index contributed by atoms with van der Waals surface area (Å²) in [6.45, 7) is 0. The summed E-state index contributed by atoms with van der Waals surface area (Å²) in [6, 6.07) is 8.27. The molecular weight excluding hydrogens is 389 g/mol. The maximum atomic E-state index is 13.2. The molecule has 3 heterocycles. The van der Waals surface area contributed by atoms with Crippen LogP contribution in [0.1, 0.15) is 29.5 Å². The van der Waals surface area contributed by atoms with Gasteiger partial charge < -0.3 is 11.1 Å². The van der Waals surface area contributed by atoms with E-state index in [2.05, 4.69) is 20.4 Å². The van der Waals surface area contributed by atoms with Crippen LogP contribution in [0, 0.1) is 5.82 Å². The predicted octanol–water partition coefficient (Wildman–Crippen LogP) is 4.00. The van der Waals surface area contributed by atoms with E-state index in [4.69, 9.17) is 10.7 Å². The van der Waals surface area contributed by atoms with Crippen LogP contribution in [0.15, 0.2) is 49.1 Å². The number of benzene rings is 1. The molecule has 0 saturated carbocycles. The number of aryl methyl sites for hydroxylation is 1. The minimum Gasteiger partial charge on any atom is -0.393 e. The zero-order valence-corrected chi connectivity index (χ0v) is 16.2. The molecular formula is C20H18FN7S. The van der Waals surface area contributed by atoms with Crippen molar-refractivity contribution in [2.45, 2.75) is 25.3 Å². The number of nitrogens with one attached hydrogen (secondary N) is 1. The van der Waals surface area contributed by atoms with E-state index in [9.17, 15) is 4.39 Å². The average molecular weight is 407 g/mol. The summed E-state index contributed by atoms with van der Waals surface area (Å²) in [7, 11) is 0. The van der Waals surface area contributed by atoms with Crippen molar-refractivity contribution in [1.82, 2.24) is 24.7 Å². The molecule has 1 aromatic carbocycles. The average Bonchev–Trinajstić information content (AvgIpc) is 3.40. The van der Waals surface area contributed by atoms with E-state index in [0.717, 1.165) is 35.5 Å². The van der Waals surface area contributed by atoms with Crippen LogP contribution in [0.5, 0.6) is 0 Å². The summed E-state index contributed by atoms with van der Waals surface area (Å²) in [4.78, 5) is 14.7. The molecule has 0 bridgehead atoms. The van der Waals surface area contributed by atoms with Gasteiger partial charge in [0, 0.05) is 22.8 Å². The van der Waals surface area contributed by atoms with E-state index in [-0.39, 0.29) is 11.9 Å². The van der Waals surface area contributed by atoms with E-state index in [1.165, 1.54) is 23.3 Å². The van der Waals surface area contributed by atoms with Crippen molar-refractivity contribution in [2.75, 3.05) is 11.1 Å². The van der Waals surface area contributed by atoms with Gasteiger partial charge in [-0.1, -0.05) is 0 Å². The fraction of sp³-hybridized carbons (Fsp3) is 0.200. The highest BCUT2D eigenvalue weighted by molar-refractivity contribution is 7.15. The summed E-state index contributed by atoms with van der Waals surface area (Å²) < 4.78 is 14.9. The summed E-state index contributed by atoms with van der Waals surface area (Å²) in [5.41, 5.74) is 8.70. The number of fused-ring (bicyclic) bond motifs is 1. The summed E-state index contributed by atoms with van der Waals surface area (Å²) in [5.74, 6) is 0.857. The van der Waals surface area contributed by atoms with Crippen molar-refractivity contribution >= 4 is 22.8 Å². The predicted molar refractivity (Wildman–Crippen MR) is 110 cm³/mol. The first-order valence-electron chi connectivity index (χ1n) is 9.31. The highest BCUT2D eigenvalue weighted by Crippen LogP contribution is 2.39. The number of hydrogen-bond acceptors (Lipinski definition) is 7. The van der Waals surface area contributed by atoms with Gasteiger partial charge in [-0.15, -0.1) is 11.3 Å². The van der Waals surface area contributed by atoms with E-state index in [1.807, 2.05) is 6.07 Å². The molecule has 29 heavy (non-hydrogen) atoms. The summed E-state index contributed by atoms with van der Waals surface area (Å²) >= 11 is 1.66. The van der Waals surface area contributed by atoms with Gasteiger partial charge in [-0.05, 0) is 49.6 Å². The number of aromatic nitrogens is 5. The fourth-order valence-electron chi connectivity index (χ4n) is 3.52. The molecule has 0 amide bonds. The van der Waals surface area contributed by atoms with Gasteiger partial charge in [0.25, 0.3) is 0 Å². The van der Waals surface area contributed by atoms with Gasteiger partial charge in [0.2, 0.25) is 0 Å². The molecule has 0 saturated heterocycles. The van der Waals surface area contributed by atoms with Crippen LogP contribution in [0.2, 0.25) is 0 Å². The second-order valence-electron chi connectivity index (χ2n) is 6.83. The first-order chi connectivity index (χ1) is 14.2. The number of nitrogens with two attached hydrogens (primary N) is 1. The molecule has 5 rings (SSSR count). The van der Waals surface area contributed by atoms with E-state index in [0.29, 0.717) is 17.3 Å². The molecule has 0 fully saturated rings. The van der Waals surface area contributed by atoms with Gasteiger partial charge in [0.05, 0.1) is 11.7 Å². The lowest BCUT2D eigenvalue weighted by atomic mass is 9.97. The Morgan fingerprint density at radius 2 is 2.07 bits per heavy atom. The Hall–Kier alpha value is -3.33. The molecule has 0 aliphatic heterocycles. The lowest BCUT2D eigenvalue weighted by molar-refractivity contribution is 0.592. The third kappa shape index (κ3) is 3.33. The fourth-order valence-corrected chi connectivity index (χ4v) is 4.69. The third-order valence-corrected chi connectivity index (χ3v) is 6.12. The highest BCUT2D eigenvalue weighted by Gasteiger charge is 2.26. The maximum Gasteiger partial charge on any atom is 0.181 e. The standard InChI is InChI=1S/C20H18FN7S/c21-13-7-5-12(6-8-13)20-27-17-14(3-1-4-15(17)29-20)26-18-16(22)19(24-11-23-18)28-10-2-9-25-28/h2,5-11,14H,1,3-4,22H2,(H,23,24,26). The number of hydrogen-bond donors (Lipinski definition) is 2. The van der Waals surface area contributed by atoms with E-state index < -0.39 is 0 Å². The molecule has 1 atom stereocenters. The number of nitrogen functional groups attached to an aromatic ring is 1. The maximum absolute atomic E-state index is 13.2. The molecule has 3 N–H and O–H groups in total. The Kier molecular flexibility index (Phi) is 4.44. The van der Waals surface area contributed by atoms with Crippen LogP contribution in [0.25, 0.3) is 16.4 Å². The van der Waals surface area contributed by atoms with Crippen molar-refractivity contribution in [3.8, 4) is 16.4 Å². The molecule has 1 unspecified atom stereocenters. The largest absolute Gasteiger partial charge is 0.393 e. The molecule has 146 valence electrons. The monoisotopic (exact) mass is 407 g/mol. The van der Waals surface area contributed by atoms with Crippen LogP contribution in [-0.4, -0.2) is 24.7 Å². The number of halogens is 1. The molecule has 7 nitrogen and oxygen atoms in total. The number of thiazole rings is 1. The molecule has 1 aliphatic rings. The molecule has 4 aromatic rings. The van der Waals surface area contributed by atoms with Crippen molar-refractivity contribution < 1.29 is 4.39 Å². The first-order valence-corrected chi connectivity index (χ1v) is 10.1. The molecule has 0 radical (unpaired) electrons. The minimum atomic E-state index is -0.248. The Labute approximate surface area is 170 Å². The van der Waals surface area contributed by atoms with Crippen molar-refractivity contribution in [3.63, 3.8) is 0 Å². The van der Waals surface area contributed by atoms with Crippen molar-refractivity contribution in [2.24, 2.45) is 0 Å². The Morgan fingerprint density at radius 3 is 2.86 bits per heavy atom. The quantitative estimate of drug-likeness (QED) is 0.531. The Balaban J connectivity index is 1.46. The number of nitrogens with zero attached hydrogens (tertiary/aromatic N) is 5. The molecule has 0 spiro atoms. The molecule has 3 aromatic heterocycles. The van der Waals surface area contributed by atoms with Gasteiger partial charge in [-0.25, -0.2) is 24.0 Å².